The molecule has 0 bridgehead atoms. The summed E-state index contributed by atoms with van der Waals surface area (Å²) < 4.78 is 20.7. The van der Waals surface area contributed by atoms with E-state index in [2.05, 4.69) is 55.7 Å². The first-order chi connectivity index (χ1) is 25.0. The smallest absolute Gasteiger partial charge is 0.410 e. The molecule has 3 fully saturated rings. The van der Waals surface area contributed by atoms with Crippen molar-refractivity contribution >= 4 is 34.8 Å². The Morgan fingerprint density at radius 1 is 1.00 bits per heavy atom. The lowest BCUT2D eigenvalue weighted by Crippen LogP contribution is -2.49. The monoisotopic (exact) mass is 709 g/mol. The van der Waals surface area contributed by atoms with Crippen LogP contribution >= 0.6 is 0 Å². The van der Waals surface area contributed by atoms with E-state index in [0.717, 1.165) is 94.0 Å². The largest absolute Gasteiger partial charge is 0.444 e. The molecule has 2 amide bonds. The third-order valence-electron chi connectivity index (χ3n) is 11.2. The Labute approximate surface area is 303 Å². The van der Waals surface area contributed by atoms with Crippen molar-refractivity contribution in [2.75, 3.05) is 50.0 Å². The van der Waals surface area contributed by atoms with E-state index in [1.807, 2.05) is 45.0 Å². The average Bonchev–Trinajstić information content (AvgIpc) is 3.47. The molecule has 2 saturated heterocycles. The van der Waals surface area contributed by atoms with Gasteiger partial charge in [-0.1, -0.05) is 18.2 Å². The van der Waals surface area contributed by atoms with Crippen molar-refractivity contribution in [2.24, 2.45) is 5.41 Å². The van der Waals surface area contributed by atoms with E-state index in [4.69, 9.17) is 14.8 Å². The number of hydrogen-bond acceptors (Lipinski definition) is 9. The fraction of sp³-hybridized carbons (Fsp3) is 0.513. The van der Waals surface area contributed by atoms with Gasteiger partial charge in [-0.3, -0.25) is 14.7 Å². The third kappa shape index (κ3) is 6.78. The minimum Gasteiger partial charge on any atom is -0.444 e. The van der Waals surface area contributed by atoms with Crippen molar-refractivity contribution in [2.45, 2.75) is 83.7 Å². The molecule has 6 heterocycles. The number of alkyl halides is 1. The van der Waals surface area contributed by atoms with E-state index >= 15 is 0 Å². The second kappa shape index (κ2) is 13.3. The zero-order valence-corrected chi connectivity index (χ0v) is 30.5. The van der Waals surface area contributed by atoms with Crippen LogP contribution in [-0.4, -0.2) is 99.0 Å². The number of piperidine rings is 2. The SMILES string of the molecule is CNc1cc(N2CCc3c(-c4ccc(CN5CCC6(CC5)CCN(C(=O)OC(C)(C)C)CC6)cn4)cccc32)nn2c(C(=O)N[C@@H]3C[C@@H]3F)cnc12. The fourth-order valence-corrected chi connectivity index (χ4v) is 8.01. The summed E-state index contributed by atoms with van der Waals surface area (Å²) in [6, 6.07) is 12.1. The van der Waals surface area contributed by atoms with Gasteiger partial charge in [0.2, 0.25) is 0 Å². The molecular formula is C39H48FN9O3. The molecule has 2 atom stereocenters. The Morgan fingerprint density at radius 3 is 2.42 bits per heavy atom. The molecule has 13 heteroatoms. The number of amides is 2. The van der Waals surface area contributed by atoms with E-state index in [1.165, 1.54) is 17.3 Å². The molecule has 4 aliphatic rings. The average molecular weight is 710 g/mol. The highest BCUT2D eigenvalue weighted by Gasteiger charge is 2.40. The molecule has 274 valence electrons. The summed E-state index contributed by atoms with van der Waals surface area (Å²) in [7, 11) is 1.82. The number of carbonyl (C=O) groups excluding carboxylic acids is 2. The summed E-state index contributed by atoms with van der Waals surface area (Å²) in [5.74, 6) is 0.305. The number of anilines is 3. The molecule has 1 aliphatic carbocycles. The summed E-state index contributed by atoms with van der Waals surface area (Å²) in [6.07, 6.45) is 7.88. The van der Waals surface area contributed by atoms with Crippen LogP contribution in [0.25, 0.3) is 16.9 Å². The molecule has 12 nitrogen and oxygen atoms in total. The number of nitrogens with one attached hydrogen (secondary N) is 2. The molecule has 1 aromatic carbocycles. The molecule has 1 spiro atoms. The number of rotatable bonds is 7. The first-order valence-electron chi connectivity index (χ1n) is 18.6. The Morgan fingerprint density at radius 2 is 1.75 bits per heavy atom. The topological polar surface area (TPSA) is 120 Å². The predicted molar refractivity (Wildman–Crippen MR) is 198 cm³/mol. The van der Waals surface area contributed by atoms with Crippen LogP contribution in [0.1, 0.15) is 74.5 Å². The number of hydrogen-bond donors (Lipinski definition) is 2. The number of aromatic nitrogens is 4. The van der Waals surface area contributed by atoms with Gasteiger partial charge < -0.3 is 25.2 Å². The van der Waals surface area contributed by atoms with Gasteiger partial charge in [-0.05, 0) is 94.6 Å². The molecular weight excluding hydrogens is 661 g/mol. The van der Waals surface area contributed by atoms with Gasteiger partial charge in [0.25, 0.3) is 5.91 Å². The van der Waals surface area contributed by atoms with E-state index in [0.29, 0.717) is 23.3 Å². The van der Waals surface area contributed by atoms with Crippen LogP contribution in [0.5, 0.6) is 0 Å². The van der Waals surface area contributed by atoms with Crippen LogP contribution in [0.2, 0.25) is 0 Å². The quantitative estimate of drug-likeness (QED) is 0.239. The lowest BCUT2D eigenvalue weighted by molar-refractivity contribution is -0.00313. The van der Waals surface area contributed by atoms with Gasteiger partial charge >= 0.3 is 6.09 Å². The van der Waals surface area contributed by atoms with Gasteiger partial charge in [0.05, 0.1) is 23.6 Å². The number of pyridine rings is 1. The van der Waals surface area contributed by atoms with E-state index in [9.17, 15) is 14.0 Å². The molecule has 52 heavy (non-hydrogen) atoms. The molecule has 4 aromatic rings. The number of benzene rings is 1. The summed E-state index contributed by atoms with van der Waals surface area (Å²) in [6.45, 7) is 11.0. The highest BCUT2D eigenvalue weighted by Crippen LogP contribution is 2.42. The molecule has 0 radical (unpaired) electrons. The number of imidazole rings is 1. The van der Waals surface area contributed by atoms with Gasteiger partial charge in [0.1, 0.15) is 11.8 Å². The lowest BCUT2D eigenvalue weighted by Gasteiger charge is -2.46. The minimum absolute atomic E-state index is 0.189. The molecule has 3 aromatic heterocycles. The number of fused-ring (bicyclic) bond motifs is 2. The third-order valence-corrected chi connectivity index (χ3v) is 11.2. The van der Waals surface area contributed by atoms with Crippen molar-refractivity contribution in [1.29, 1.82) is 0 Å². The van der Waals surface area contributed by atoms with E-state index < -0.39 is 17.8 Å². The van der Waals surface area contributed by atoms with Crippen molar-refractivity contribution in [3.8, 4) is 11.3 Å². The van der Waals surface area contributed by atoms with Gasteiger partial charge in [0, 0.05) is 63.2 Å². The standard InChI is InChI=1S/C39H48FN9O3/c1-38(2,3)52-37(51)47-18-13-39(14-19-47)11-16-46(17-12-39)24-25-8-9-29(42-22-25)26-6-5-7-32-27(26)10-15-48(32)34-21-31(41-4)35-43-23-33(49(35)45-34)36(50)44-30-20-28(30)40/h5-9,21-23,28,30,41H,10-20,24H2,1-4H3,(H,44,50)/t28-,30+/m0/s1. The Balaban J connectivity index is 0.923. The first-order valence-corrected chi connectivity index (χ1v) is 18.6. The summed E-state index contributed by atoms with van der Waals surface area (Å²) in [5.41, 5.74) is 6.92. The maximum Gasteiger partial charge on any atom is 0.410 e. The molecule has 1 saturated carbocycles. The highest BCUT2D eigenvalue weighted by molar-refractivity contribution is 5.94. The molecule has 3 aliphatic heterocycles. The van der Waals surface area contributed by atoms with E-state index in [1.54, 1.807) is 4.52 Å². The van der Waals surface area contributed by atoms with Crippen LogP contribution in [0, 0.1) is 5.41 Å². The number of ether oxygens (including phenoxy) is 1. The van der Waals surface area contributed by atoms with Crippen molar-refractivity contribution in [3.05, 3.63) is 65.6 Å². The maximum atomic E-state index is 13.5. The van der Waals surface area contributed by atoms with Crippen molar-refractivity contribution in [1.82, 2.24) is 34.7 Å². The van der Waals surface area contributed by atoms with Crippen LogP contribution in [0.15, 0.2) is 48.8 Å². The number of likely N-dealkylation sites (tertiary alicyclic amines) is 2. The van der Waals surface area contributed by atoms with Crippen molar-refractivity contribution < 1.29 is 18.7 Å². The fourth-order valence-electron chi connectivity index (χ4n) is 8.01. The second-order valence-corrected chi connectivity index (χ2v) is 15.9. The molecule has 8 rings (SSSR count). The zero-order valence-electron chi connectivity index (χ0n) is 30.5. The Hall–Kier alpha value is -4.78. The Kier molecular flexibility index (Phi) is 8.79. The summed E-state index contributed by atoms with van der Waals surface area (Å²) in [5, 5.41) is 10.8. The zero-order chi connectivity index (χ0) is 36.2. The van der Waals surface area contributed by atoms with Gasteiger partial charge in [-0.25, -0.2) is 18.7 Å². The molecule has 2 N–H and O–H groups in total. The molecule has 0 unspecified atom stereocenters. The predicted octanol–water partition coefficient (Wildman–Crippen LogP) is 5.98. The van der Waals surface area contributed by atoms with Gasteiger partial charge in [-0.15, -0.1) is 5.10 Å². The van der Waals surface area contributed by atoms with E-state index in [-0.39, 0.29) is 17.7 Å². The van der Waals surface area contributed by atoms with Crippen LogP contribution in [-0.2, 0) is 17.7 Å². The summed E-state index contributed by atoms with van der Waals surface area (Å²) >= 11 is 0. The normalized spacial score (nSPS) is 21.3. The van der Waals surface area contributed by atoms with Gasteiger partial charge in [-0.2, -0.15) is 0 Å². The van der Waals surface area contributed by atoms with Crippen LogP contribution in [0.4, 0.5) is 26.4 Å². The summed E-state index contributed by atoms with van der Waals surface area (Å²) in [4.78, 5) is 41.5. The number of halogens is 1. The number of carbonyl (C=O) groups is 2. The Bertz CT molecular complexity index is 1970. The minimum atomic E-state index is -0.993. The second-order valence-electron chi connectivity index (χ2n) is 15.9. The van der Waals surface area contributed by atoms with Crippen LogP contribution < -0.4 is 15.5 Å². The number of nitrogens with zero attached hydrogens (tertiary/aromatic N) is 7. The van der Waals surface area contributed by atoms with Crippen molar-refractivity contribution in [3.63, 3.8) is 0 Å². The first kappa shape index (κ1) is 34.3. The maximum absolute atomic E-state index is 13.5. The van der Waals surface area contributed by atoms with Gasteiger partial charge in [0.15, 0.2) is 17.2 Å². The lowest BCUT2D eigenvalue weighted by atomic mass is 9.71. The van der Waals surface area contributed by atoms with Crippen LogP contribution in [0.3, 0.4) is 0 Å². The highest BCUT2D eigenvalue weighted by atomic mass is 19.1.